The molecule has 0 spiro atoms. The number of aromatic amines is 1. The lowest BCUT2D eigenvalue weighted by atomic mass is 10.0. The summed E-state index contributed by atoms with van der Waals surface area (Å²) >= 11 is 0. The summed E-state index contributed by atoms with van der Waals surface area (Å²) in [5, 5.41) is 9.89. The fourth-order valence-corrected chi connectivity index (χ4v) is 3.44. The molecule has 1 amide bonds. The molecule has 4 nitrogen and oxygen atoms in total. The minimum absolute atomic E-state index is 0.132. The van der Waals surface area contributed by atoms with Crippen LogP contribution in [0.15, 0.2) is 78.9 Å². The molecule has 1 heterocycles. The number of hydrogen-bond donors (Lipinski definition) is 2. The monoisotopic (exact) mass is 417 g/mol. The van der Waals surface area contributed by atoms with Crippen LogP contribution in [0.25, 0.3) is 22.5 Å². The lowest BCUT2D eigenvalue weighted by Crippen LogP contribution is -2.25. The third-order valence-corrected chi connectivity index (χ3v) is 5.02. The van der Waals surface area contributed by atoms with Crippen molar-refractivity contribution in [3.8, 4) is 22.5 Å². The molecule has 4 rings (SSSR count). The van der Waals surface area contributed by atoms with Gasteiger partial charge in [-0.2, -0.15) is 5.10 Å². The van der Waals surface area contributed by atoms with Gasteiger partial charge in [0.15, 0.2) is 0 Å². The molecule has 0 atom stereocenters. The second kappa shape index (κ2) is 9.34. The van der Waals surface area contributed by atoms with Gasteiger partial charge >= 0.3 is 0 Å². The Hall–Kier alpha value is -3.80. The van der Waals surface area contributed by atoms with Gasteiger partial charge in [-0.05, 0) is 66.4 Å². The van der Waals surface area contributed by atoms with E-state index in [1.165, 1.54) is 29.8 Å². The summed E-state index contributed by atoms with van der Waals surface area (Å²) in [6.07, 6.45) is 1.62. The maximum Gasteiger partial charge on any atom is 0.252 e. The summed E-state index contributed by atoms with van der Waals surface area (Å²) in [6.45, 7) is 0.477. The van der Waals surface area contributed by atoms with Gasteiger partial charge < -0.3 is 5.32 Å². The van der Waals surface area contributed by atoms with E-state index in [0.29, 0.717) is 23.5 Å². The molecule has 0 fully saturated rings. The van der Waals surface area contributed by atoms with Crippen molar-refractivity contribution in [3.63, 3.8) is 0 Å². The minimum Gasteiger partial charge on any atom is -0.352 e. The first-order valence-corrected chi connectivity index (χ1v) is 10.0. The van der Waals surface area contributed by atoms with Crippen molar-refractivity contribution in [3.05, 3.63) is 102 Å². The quantitative estimate of drug-likeness (QED) is 0.397. The highest BCUT2D eigenvalue weighted by atomic mass is 19.1. The van der Waals surface area contributed by atoms with Crippen LogP contribution in [0.1, 0.15) is 22.3 Å². The number of H-pyrrole nitrogens is 1. The van der Waals surface area contributed by atoms with Crippen LogP contribution in [0.4, 0.5) is 8.78 Å². The third kappa shape index (κ3) is 4.86. The van der Waals surface area contributed by atoms with Crippen LogP contribution in [0.3, 0.4) is 0 Å². The lowest BCUT2D eigenvalue weighted by Gasteiger charge is -2.10. The minimum atomic E-state index is -0.533. The number of halogens is 2. The molecule has 0 aliphatic carbocycles. The summed E-state index contributed by atoms with van der Waals surface area (Å²) < 4.78 is 27.9. The standard InChI is InChI=1S/C25H21F2N3O/c26-19-13-11-18(12-14-19)22-16-23(30-29-22)24-20(9-4-10-21(24)27)25(31)28-15-5-8-17-6-2-1-3-7-17/h1-4,6-7,9-14,16H,5,8,15H2,(H,28,31)(H,29,30). The van der Waals surface area contributed by atoms with E-state index in [9.17, 15) is 13.6 Å². The van der Waals surface area contributed by atoms with Crippen LogP contribution in [-0.4, -0.2) is 22.6 Å². The number of benzene rings is 3. The van der Waals surface area contributed by atoms with Gasteiger partial charge in [0, 0.05) is 6.54 Å². The number of aryl methyl sites for hydroxylation is 1. The molecule has 0 saturated carbocycles. The number of nitrogens with zero attached hydrogens (tertiary/aromatic N) is 1. The normalized spacial score (nSPS) is 10.8. The van der Waals surface area contributed by atoms with Crippen molar-refractivity contribution in [2.45, 2.75) is 12.8 Å². The van der Waals surface area contributed by atoms with Gasteiger partial charge in [0.05, 0.1) is 22.5 Å². The lowest BCUT2D eigenvalue weighted by molar-refractivity contribution is 0.0953. The Morgan fingerprint density at radius 2 is 1.71 bits per heavy atom. The topological polar surface area (TPSA) is 57.8 Å². The van der Waals surface area contributed by atoms with Crippen molar-refractivity contribution in [2.24, 2.45) is 0 Å². The zero-order chi connectivity index (χ0) is 21.6. The maximum absolute atomic E-state index is 14.7. The molecule has 0 bridgehead atoms. The molecule has 0 aliphatic heterocycles. The van der Waals surface area contributed by atoms with Crippen molar-refractivity contribution in [1.82, 2.24) is 15.5 Å². The molecule has 1 aromatic heterocycles. The largest absolute Gasteiger partial charge is 0.352 e. The number of carbonyl (C=O) groups excluding carboxylic acids is 1. The fourth-order valence-electron chi connectivity index (χ4n) is 3.44. The Morgan fingerprint density at radius 3 is 2.48 bits per heavy atom. The molecular formula is C25H21F2N3O. The Kier molecular flexibility index (Phi) is 6.17. The molecule has 0 aliphatic rings. The van der Waals surface area contributed by atoms with Gasteiger partial charge in [-0.15, -0.1) is 0 Å². The zero-order valence-electron chi connectivity index (χ0n) is 16.7. The maximum atomic E-state index is 14.7. The summed E-state index contributed by atoms with van der Waals surface area (Å²) in [4.78, 5) is 12.8. The van der Waals surface area contributed by atoms with Crippen LogP contribution in [0, 0.1) is 11.6 Å². The van der Waals surface area contributed by atoms with Gasteiger partial charge in [0.1, 0.15) is 11.6 Å². The smallest absolute Gasteiger partial charge is 0.252 e. The summed E-state index contributed by atoms with van der Waals surface area (Å²) in [5.41, 5.74) is 3.18. The number of nitrogens with one attached hydrogen (secondary N) is 2. The zero-order valence-corrected chi connectivity index (χ0v) is 16.7. The number of amides is 1. The molecule has 3 aromatic carbocycles. The van der Waals surface area contributed by atoms with Crippen molar-refractivity contribution >= 4 is 5.91 Å². The Balaban J connectivity index is 1.49. The van der Waals surface area contributed by atoms with E-state index in [0.717, 1.165) is 12.8 Å². The number of aromatic nitrogens is 2. The van der Waals surface area contributed by atoms with Gasteiger partial charge in [0.2, 0.25) is 0 Å². The van der Waals surface area contributed by atoms with Crippen LogP contribution in [-0.2, 0) is 6.42 Å². The molecule has 2 N–H and O–H groups in total. The Bertz CT molecular complexity index is 1170. The van der Waals surface area contributed by atoms with E-state index in [1.807, 2.05) is 30.3 Å². The summed E-state index contributed by atoms with van der Waals surface area (Å²) in [7, 11) is 0. The summed E-state index contributed by atoms with van der Waals surface area (Å²) in [5.74, 6) is -1.23. The summed E-state index contributed by atoms with van der Waals surface area (Å²) in [6, 6.07) is 21.9. The third-order valence-electron chi connectivity index (χ3n) is 5.02. The van der Waals surface area contributed by atoms with Crippen molar-refractivity contribution in [2.75, 3.05) is 6.54 Å². The van der Waals surface area contributed by atoms with E-state index >= 15 is 0 Å². The van der Waals surface area contributed by atoms with Crippen LogP contribution in [0.5, 0.6) is 0 Å². The predicted octanol–water partition coefficient (Wildman–Crippen LogP) is 5.38. The van der Waals surface area contributed by atoms with E-state index in [2.05, 4.69) is 15.5 Å². The highest BCUT2D eigenvalue weighted by Crippen LogP contribution is 2.29. The van der Waals surface area contributed by atoms with Crippen LogP contribution < -0.4 is 5.32 Å². The highest BCUT2D eigenvalue weighted by molar-refractivity contribution is 6.00. The molecule has 0 radical (unpaired) electrons. The van der Waals surface area contributed by atoms with Crippen molar-refractivity contribution < 1.29 is 13.6 Å². The first kappa shape index (κ1) is 20.5. The van der Waals surface area contributed by atoms with Gasteiger partial charge in [-0.25, -0.2) is 8.78 Å². The van der Waals surface area contributed by atoms with Crippen molar-refractivity contribution in [1.29, 1.82) is 0 Å². The number of hydrogen-bond acceptors (Lipinski definition) is 2. The molecule has 4 aromatic rings. The SMILES string of the molecule is O=C(NCCCc1ccccc1)c1cccc(F)c1-c1cc(-c2ccc(F)cc2)[nH]n1. The van der Waals surface area contributed by atoms with E-state index in [1.54, 1.807) is 24.3 Å². The molecule has 0 unspecified atom stereocenters. The molecule has 0 saturated heterocycles. The molecule has 156 valence electrons. The van der Waals surface area contributed by atoms with E-state index in [4.69, 9.17) is 0 Å². The average molecular weight is 417 g/mol. The average Bonchev–Trinajstić information content (AvgIpc) is 3.27. The van der Waals surface area contributed by atoms with Gasteiger partial charge in [0.25, 0.3) is 5.91 Å². The molecule has 6 heteroatoms. The second-order valence-electron chi connectivity index (χ2n) is 7.18. The highest BCUT2D eigenvalue weighted by Gasteiger charge is 2.19. The Morgan fingerprint density at radius 1 is 0.935 bits per heavy atom. The second-order valence-corrected chi connectivity index (χ2v) is 7.18. The van der Waals surface area contributed by atoms with E-state index in [-0.39, 0.29) is 22.9 Å². The first-order chi connectivity index (χ1) is 15.1. The predicted molar refractivity (Wildman–Crippen MR) is 116 cm³/mol. The van der Waals surface area contributed by atoms with Crippen LogP contribution >= 0.6 is 0 Å². The fraction of sp³-hybridized carbons (Fsp3) is 0.120. The van der Waals surface area contributed by atoms with Gasteiger partial charge in [-0.1, -0.05) is 36.4 Å². The first-order valence-electron chi connectivity index (χ1n) is 10.0. The van der Waals surface area contributed by atoms with E-state index < -0.39 is 5.82 Å². The molecule has 31 heavy (non-hydrogen) atoms. The molecular weight excluding hydrogens is 396 g/mol. The van der Waals surface area contributed by atoms with Gasteiger partial charge in [-0.3, -0.25) is 9.89 Å². The Labute approximate surface area is 179 Å². The van der Waals surface area contributed by atoms with Crippen LogP contribution in [0.2, 0.25) is 0 Å². The number of carbonyl (C=O) groups is 1. The number of rotatable bonds is 7.